The summed E-state index contributed by atoms with van der Waals surface area (Å²) in [6.07, 6.45) is 3.94. The zero-order valence-corrected chi connectivity index (χ0v) is 28.1. The number of aryl methyl sites for hydroxylation is 6. The first kappa shape index (κ1) is 35.7. The summed E-state index contributed by atoms with van der Waals surface area (Å²) < 4.78 is 13.4. The lowest BCUT2D eigenvalue weighted by Gasteiger charge is -2.15. The maximum Gasteiger partial charge on any atom is 0.146 e. The Morgan fingerprint density at radius 2 is 1.22 bits per heavy atom. The highest BCUT2D eigenvalue weighted by molar-refractivity contribution is 5.92. The van der Waals surface area contributed by atoms with Crippen LogP contribution in [0.15, 0.2) is 42.5 Å². The molecule has 0 unspecified atom stereocenters. The molecule has 0 N–H and O–H groups in total. The van der Waals surface area contributed by atoms with E-state index in [-0.39, 0.29) is 0 Å². The number of fused-ring (bicyclic) bond motifs is 1. The maximum absolute atomic E-state index is 5.62. The maximum atomic E-state index is 5.62. The number of hydrogen-bond donors (Lipinski definition) is 0. The monoisotopic (exact) mass is 561 g/mol. The molecule has 0 amide bonds. The van der Waals surface area contributed by atoms with Crippen molar-refractivity contribution >= 4 is 10.8 Å². The summed E-state index contributed by atoms with van der Waals surface area (Å²) in [6.45, 7) is 26.0. The lowest BCUT2D eigenvalue weighted by Crippen LogP contribution is -2.03. The Morgan fingerprint density at radius 1 is 0.732 bits per heavy atom. The van der Waals surface area contributed by atoms with Crippen molar-refractivity contribution in [2.75, 3.05) is 13.7 Å². The minimum atomic E-state index is 0.629. The van der Waals surface area contributed by atoms with Crippen molar-refractivity contribution in [2.24, 2.45) is 5.92 Å². The van der Waals surface area contributed by atoms with E-state index in [1.165, 1.54) is 30.4 Å². The molecule has 2 aromatic heterocycles. The van der Waals surface area contributed by atoms with Crippen LogP contribution in [0.5, 0.6) is 11.5 Å². The minimum absolute atomic E-state index is 0.629. The quantitative estimate of drug-likeness (QED) is 0.235. The van der Waals surface area contributed by atoms with Gasteiger partial charge < -0.3 is 14.0 Å². The van der Waals surface area contributed by atoms with Crippen LogP contribution in [-0.2, 0) is 0 Å². The van der Waals surface area contributed by atoms with Gasteiger partial charge in [-0.1, -0.05) is 89.3 Å². The first-order valence-corrected chi connectivity index (χ1v) is 15.1. The molecule has 4 rings (SSSR count). The van der Waals surface area contributed by atoms with E-state index in [0.29, 0.717) is 6.61 Å². The molecule has 0 fully saturated rings. The van der Waals surface area contributed by atoms with Crippen molar-refractivity contribution in [1.82, 2.24) is 14.8 Å². The molecule has 5 heteroatoms. The van der Waals surface area contributed by atoms with Crippen LogP contribution in [0, 0.1) is 47.5 Å². The van der Waals surface area contributed by atoms with Gasteiger partial charge in [-0.25, -0.2) is 0 Å². The predicted octanol–water partition coefficient (Wildman–Crippen LogP) is 10.2. The van der Waals surface area contributed by atoms with E-state index in [1.807, 2.05) is 39.0 Å². The molecule has 0 aliphatic carbocycles. The van der Waals surface area contributed by atoms with Crippen LogP contribution in [0.1, 0.15) is 94.7 Å². The Labute approximate surface area is 250 Å². The zero-order valence-electron chi connectivity index (χ0n) is 28.1. The third-order valence-corrected chi connectivity index (χ3v) is 6.91. The lowest BCUT2D eigenvalue weighted by molar-refractivity contribution is 0.336. The number of ether oxygens (including phenoxy) is 2. The van der Waals surface area contributed by atoms with E-state index in [2.05, 4.69) is 101 Å². The van der Waals surface area contributed by atoms with E-state index >= 15 is 0 Å². The second-order valence-corrected chi connectivity index (χ2v) is 10.9. The minimum Gasteiger partial charge on any atom is -0.494 e. The number of unbranched alkanes of at least 4 members (excludes halogenated alkanes) is 1. The van der Waals surface area contributed by atoms with Crippen LogP contribution in [0.25, 0.3) is 16.5 Å². The second-order valence-electron chi connectivity index (χ2n) is 10.9. The summed E-state index contributed by atoms with van der Waals surface area (Å²) >= 11 is 0. The van der Waals surface area contributed by atoms with Gasteiger partial charge >= 0.3 is 0 Å². The van der Waals surface area contributed by atoms with Gasteiger partial charge in [0.1, 0.15) is 11.5 Å². The average molecular weight is 562 g/mol. The van der Waals surface area contributed by atoms with Gasteiger partial charge in [0, 0.05) is 28.2 Å². The molecule has 0 aliphatic heterocycles. The van der Waals surface area contributed by atoms with Crippen molar-refractivity contribution in [2.45, 2.75) is 102 Å². The number of methoxy groups -OCH3 is 1. The Kier molecular flexibility index (Phi) is 15.8. The van der Waals surface area contributed by atoms with E-state index in [1.54, 1.807) is 7.11 Å². The van der Waals surface area contributed by atoms with Gasteiger partial charge in [0.2, 0.25) is 0 Å². The molecule has 41 heavy (non-hydrogen) atoms. The third kappa shape index (κ3) is 10.5. The normalized spacial score (nSPS) is 10.2. The predicted molar refractivity (Wildman–Crippen MR) is 177 cm³/mol. The Balaban J connectivity index is 0.000000403. The Morgan fingerprint density at radius 3 is 1.56 bits per heavy atom. The Hall–Kier alpha value is -3.34. The molecule has 0 radical (unpaired) electrons. The standard InChI is InChI=1S/C19H23N3O2.C8H10.C5H12.C4H10/c1-7-24-15-8-9-16(17(10-15)23-6)22-13(4)18-11(2)20-21-12(3)19(18)14(22)5;1-7-4-3-5-8(2)6-7;1-4-5(2)3;1-3-4-2/h8-10H,7H2,1-6H3;3-6H,1-2H3;5H,4H2,1-3H3;3-4H2,1-2H3. The average Bonchev–Trinajstić information content (AvgIpc) is 3.22. The number of hydrogen-bond acceptors (Lipinski definition) is 4. The van der Waals surface area contributed by atoms with Gasteiger partial charge in [-0.15, -0.1) is 0 Å². The van der Waals surface area contributed by atoms with Gasteiger partial charge in [-0.2, -0.15) is 10.2 Å². The molecule has 0 saturated heterocycles. The summed E-state index contributed by atoms with van der Waals surface area (Å²) in [6, 6.07) is 14.4. The molecule has 0 atom stereocenters. The summed E-state index contributed by atoms with van der Waals surface area (Å²) in [4.78, 5) is 0. The van der Waals surface area contributed by atoms with Crippen molar-refractivity contribution in [3.05, 3.63) is 76.4 Å². The highest BCUT2D eigenvalue weighted by Crippen LogP contribution is 2.36. The van der Waals surface area contributed by atoms with E-state index in [9.17, 15) is 0 Å². The largest absolute Gasteiger partial charge is 0.494 e. The molecule has 0 spiro atoms. The van der Waals surface area contributed by atoms with Crippen LogP contribution >= 0.6 is 0 Å². The zero-order chi connectivity index (χ0) is 31.1. The van der Waals surface area contributed by atoms with E-state index in [0.717, 1.165) is 56.7 Å². The Bertz CT molecular complexity index is 1270. The number of nitrogens with zero attached hydrogens (tertiary/aromatic N) is 3. The molecule has 226 valence electrons. The molecule has 2 heterocycles. The lowest BCUT2D eigenvalue weighted by atomic mass is 10.1. The molecular weight excluding hydrogens is 506 g/mol. The van der Waals surface area contributed by atoms with Crippen molar-refractivity contribution in [1.29, 1.82) is 0 Å². The van der Waals surface area contributed by atoms with Crippen molar-refractivity contribution < 1.29 is 9.47 Å². The van der Waals surface area contributed by atoms with Crippen molar-refractivity contribution in [3.63, 3.8) is 0 Å². The highest BCUT2D eigenvalue weighted by atomic mass is 16.5. The highest BCUT2D eigenvalue weighted by Gasteiger charge is 2.19. The molecule has 0 bridgehead atoms. The fourth-order valence-electron chi connectivity index (χ4n) is 4.24. The second kappa shape index (κ2) is 18.2. The summed E-state index contributed by atoms with van der Waals surface area (Å²) in [7, 11) is 1.68. The first-order valence-electron chi connectivity index (χ1n) is 15.1. The van der Waals surface area contributed by atoms with Gasteiger partial charge in [0.05, 0.1) is 30.8 Å². The summed E-state index contributed by atoms with van der Waals surface area (Å²) in [5.74, 6) is 2.47. The van der Waals surface area contributed by atoms with Gasteiger partial charge in [0.15, 0.2) is 0 Å². The molecule has 2 aromatic carbocycles. The van der Waals surface area contributed by atoms with E-state index in [4.69, 9.17) is 9.47 Å². The van der Waals surface area contributed by atoms with E-state index < -0.39 is 0 Å². The smallest absolute Gasteiger partial charge is 0.146 e. The molecule has 0 saturated carbocycles. The number of aromatic nitrogens is 3. The van der Waals surface area contributed by atoms with Gasteiger partial charge in [-0.05, 0) is 66.5 Å². The number of rotatable bonds is 6. The van der Waals surface area contributed by atoms with Crippen LogP contribution < -0.4 is 9.47 Å². The molecule has 4 aromatic rings. The van der Waals surface area contributed by atoms with Crippen LogP contribution in [0.2, 0.25) is 0 Å². The third-order valence-electron chi connectivity index (χ3n) is 6.91. The summed E-state index contributed by atoms with van der Waals surface area (Å²) in [5, 5.41) is 10.9. The van der Waals surface area contributed by atoms with Gasteiger partial charge in [-0.3, -0.25) is 0 Å². The number of benzene rings is 2. The SMILES string of the molecule is CCC(C)C.CCCC.CCOc1ccc(-n2c(C)c3c(C)nnc(C)c3c2C)c(OC)c1.Cc1cccc(C)c1. The molecule has 5 nitrogen and oxygen atoms in total. The first-order chi connectivity index (χ1) is 19.5. The molecule has 0 aliphatic rings. The summed E-state index contributed by atoms with van der Waals surface area (Å²) in [5.41, 5.74) is 7.83. The van der Waals surface area contributed by atoms with Crippen LogP contribution in [0.3, 0.4) is 0 Å². The topological polar surface area (TPSA) is 49.2 Å². The van der Waals surface area contributed by atoms with Crippen molar-refractivity contribution in [3.8, 4) is 17.2 Å². The van der Waals surface area contributed by atoms with Crippen LogP contribution in [-0.4, -0.2) is 28.5 Å². The fraction of sp³-hybridized carbons (Fsp3) is 0.500. The van der Waals surface area contributed by atoms with Crippen LogP contribution in [0.4, 0.5) is 0 Å². The fourth-order valence-corrected chi connectivity index (χ4v) is 4.24. The van der Waals surface area contributed by atoms with Gasteiger partial charge in [0.25, 0.3) is 0 Å². The molecular formula is C36H55N3O2.